The average Bonchev–Trinajstić information content (AvgIpc) is 4.17. The van der Waals surface area contributed by atoms with Crippen LogP contribution in [0.15, 0.2) is 97.1 Å². The molecule has 12 heteroatoms. The lowest BCUT2D eigenvalue weighted by Crippen LogP contribution is -2.59. The second-order valence-corrected chi connectivity index (χ2v) is 20.9. The number of pyridine rings is 1. The molecule has 4 aromatic rings. The lowest BCUT2D eigenvalue weighted by molar-refractivity contribution is -0.144. The monoisotopic (exact) mass is 857 g/mol. The molecule has 0 unspecified atom stereocenters. The number of ether oxygens (including phenoxy) is 1. The molecule has 5 atom stereocenters. The van der Waals surface area contributed by atoms with Gasteiger partial charge in [0, 0.05) is 36.4 Å². The Labute approximate surface area is 365 Å². The smallest absolute Gasteiger partial charge is 0.259 e. The molecule has 1 aromatic heterocycles. The first-order chi connectivity index (χ1) is 29.9. The Bertz CT molecular complexity index is 2430. The number of amides is 3. The number of sulfonamides is 1. The summed E-state index contributed by atoms with van der Waals surface area (Å²) in [5.41, 5.74) is 2.80. The van der Waals surface area contributed by atoms with Crippen molar-refractivity contribution in [1.82, 2.24) is 24.8 Å². The first-order valence-corrected chi connectivity index (χ1v) is 24.1. The van der Waals surface area contributed by atoms with Crippen LogP contribution in [0.1, 0.15) is 93.5 Å². The summed E-state index contributed by atoms with van der Waals surface area (Å²) in [4.78, 5) is 53.9. The number of rotatable bonds is 10. The highest BCUT2D eigenvalue weighted by Gasteiger charge is 2.64. The van der Waals surface area contributed by atoms with Crippen molar-refractivity contribution in [3.63, 3.8) is 0 Å². The number of nitrogens with one attached hydrogen (secondary N) is 2. The van der Waals surface area contributed by atoms with Gasteiger partial charge in [-0.15, -0.1) is 0 Å². The van der Waals surface area contributed by atoms with E-state index < -0.39 is 49.8 Å². The van der Waals surface area contributed by atoms with Gasteiger partial charge in [-0.25, -0.2) is 13.4 Å². The second-order valence-electron chi connectivity index (χ2n) is 18.7. The third-order valence-electron chi connectivity index (χ3n) is 14.4. The number of carbonyl (C=O) groups is 3. The SMILES string of the molecule is Cc1nc2ccccc2c2c1O[C@]1(CC2)C[C@H]2C(=O)N[C@]3(C(=O)NS(=O)(=O)C4(C)CC4)C[C@H]3/C=C\CCCCC[C@H](N(CCc3ccccc3)CCc3ccccc3)C(=O)N2C1. The topological polar surface area (TPSA) is 138 Å². The predicted octanol–water partition coefficient (Wildman–Crippen LogP) is 6.76. The molecule has 326 valence electrons. The van der Waals surface area contributed by atoms with E-state index >= 15 is 9.59 Å². The molecule has 62 heavy (non-hydrogen) atoms. The van der Waals surface area contributed by atoms with Gasteiger partial charge in [0.1, 0.15) is 22.9 Å². The van der Waals surface area contributed by atoms with Gasteiger partial charge in [0.05, 0.1) is 28.5 Å². The average molecular weight is 858 g/mol. The molecule has 5 aliphatic rings. The molecule has 11 nitrogen and oxygen atoms in total. The zero-order valence-electron chi connectivity index (χ0n) is 36.0. The van der Waals surface area contributed by atoms with Crippen LogP contribution >= 0.6 is 0 Å². The first kappa shape index (κ1) is 42.2. The van der Waals surface area contributed by atoms with E-state index in [1.54, 1.807) is 11.8 Å². The van der Waals surface area contributed by atoms with Crippen LogP contribution in [0.5, 0.6) is 5.75 Å². The first-order valence-electron chi connectivity index (χ1n) is 22.6. The predicted molar refractivity (Wildman–Crippen MR) is 240 cm³/mol. The molecule has 3 amide bonds. The molecule has 3 fully saturated rings. The van der Waals surface area contributed by atoms with Crippen molar-refractivity contribution in [3.8, 4) is 5.75 Å². The van der Waals surface area contributed by atoms with Crippen LogP contribution in [0, 0.1) is 12.8 Å². The molecule has 3 aliphatic heterocycles. The van der Waals surface area contributed by atoms with Crippen LogP contribution in [0.2, 0.25) is 0 Å². The van der Waals surface area contributed by atoms with Crippen LogP contribution in [0.25, 0.3) is 10.9 Å². The zero-order chi connectivity index (χ0) is 43.1. The Hall–Kier alpha value is -5.07. The van der Waals surface area contributed by atoms with Crippen molar-refractivity contribution in [2.45, 2.75) is 125 Å². The van der Waals surface area contributed by atoms with Gasteiger partial charge in [-0.2, -0.15) is 0 Å². The van der Waals surface area contributed by atoms with E-state index in [4.69, 9.17) is 9.72 Å². The molecule has 2 aliphatic carbocycles. The van der Waals surface area contributed by atoms with Crippen LogP contribution in [-0.4, -0.2) is 88.5 Å². The number of aryl methyl sites for hydroxylation is 2. The van der Waals surface area contributed by atoms with Gasteiger partial charge in [0.25, 0.3) is 5.91 Å². The quantitative estimate of drug-likeness (QED) is 0.167. The number of benzene rings is 3. The van der Waals surface area contributed by atoms with Crippen LogP contribution < -0.4 is 14.8 Å². The Kier molecular flexibility index (Phi) is 11.5. The fourth-order valence-electron chi connectivity index (χ4n) is 10.1. The highest BCUT2D eigenvalue weighted by Crippen LogP contribution is 2.49. The lowest BCUT2D eigenvalue weighted by atomic mass is 9.87. The van der Waals surface area contributed by atoms with Gasteiger partial charge in [-0.05, 0) is 95.2 Å². The highest BCUT2D eigenvalue weighted by molar-refractivity contribution is 7.91. The molecule has 1 saturated heterocycles. The van der Waals surface area contributed by atoms with E-state index in [-0.39, 0.29) is 31.2 Å². The number of allylic oxidation sites excluding steroid dienone is 1. The number of hydrogen-bond donors (Lipinski definition) is 2. The van der Waals surface area contributed by atoms with Gasteiger partial charge < -0.3 is 15.0 Å². The van der Waals surface area contributed by atoms with E-state index in [0.717, 1.165) is 60.7 Å². The molecule has 3 aromatic carbocycles. The zero-order valence-corrected chi connectivity index (χ0v) is 36.8. The molecular weight excluding hydrogens is 799 g/mol. The Balaban J connectivity index is 1.08. The normalized spacial score (nSPS) is 27.5. The van der Waals surface area contributed by atoms with Crippen molar-refractivity contribution in [2.24, 2.45) is 5.92 Å². The van der Waals surface area contributed by atoms with E-state index in [2.05, 4.69) is 51.3 Å². The summed E-state index contributed by atoms with van der Waals surface area (Å²) in [6, 6.07) is 27.3. The summed E-state index contributed by atoms with van der Waals surface area (Å²) in [7, 11) is -3.97. The summed E-state index contributed by atoms with van der Waals surface area (Å²) in [5, 5.41) is 4.13. The maximum Gasteiger partial charge on any atom is 0.259 e. The Morgan fingerprint density at radius 2 is 1.58 bits per heavy atom. The van der Waals surface area contributed by atoms with Crippen molar-refractivity contribution < 1.29 is 27.5 Å². The minimum absolute atomic E-state index is 0.117. The van der Waals surface area contributed by atoms with Crippen molar-refractivity contribution in [2.75, 3.05) is 19.6 Å². The number of fused-ring (bicyclic) bond motifs is 5. The molecular formula is C50H59N5O6S. The minimum Gasteiger partial charge on any atom is -0.483 e. The minimum atomic E-state index is -3.97. The molecule has 0 radical (unpaired) electrons. The van der Waals surface area contributed by atoms with Crippen molar-refractivity contribution >= 4 is 38.6 Å². The third kappa shape index (κ3) is 8.40. The van der Waals surface area contributed by atoms with Gasteiger partial charge in [-0.3, -0.25) is 24.0 Å². The number of para-hydroxylation sites is 1. The maximum absolute atomic E-state index is 15.7. The fourth-order valence-corrected chi connectivity index (χ4v) is 11.4. The maximum atomic E-state index is 15.7. The Morgan fingerprint density at radius 1 is 0.903 bits per heavy atom. The van der Waals surface area contributed by atoms with Gasteiger partial charge in [-0.1, -0.05) is 104 Å². The molecule has 1 spiro atoms. The van der Waals surface area contributed by atoms with Crippen LogP contribution in [0.4, 0.5) is 0 Å². The van der Waals surface area contributed by atoms with E-state index in [1.165, 1.54) is 11.1 Å². The van der Waals surface area contributed by atoms with Gasteiger partial charge in [0.15, 0.2) is 0 Å². The number of carbonyl (C=O) groups excluding carboxylic acids is 3. The summed E-state index contributed by atoms with van der Waals surface area (Å²) in [6.45, 7) is 5.11. The Morgan fingerprint density at radius 3 is 2.27 bits per heavy atom. The number of hydrogen-bond acceptors (Lipinski definition) is 8. The molecule has 4 heterocycles. The highest BCUT2D eigenvalue weighted by atomic mass is 32.2. The molecule has 9 rings (SSSR count). The second kappa shape index (κ2) is 16.9. The number of nitrogens with zero attached hydrogens (tertiary/aromatic N) is 3. The van der Waals surface area contributed by atoms with Gasteiger partial charge >= 0.3 is 0 Å². The summed E-state index contributed by atoms with van der Waals surface area (Å²) >= 11 is 0. The molecule has 2 saturated carbocycles. The molecule has 2 N–H and O–H groups in total. The van der Waals surface area contributed by atoms with E-state index in [0.29, 0.717) is 50.9 Å². The van der Waals surface area contributed by atoms with E-state index in [1.807, 2.05) is 67.6 Å². The summed E-state index contributed by atoms with van der Waals surface area (Å²) < 4.78 is 35.2. The van der Waals surface area contributed by atoms with Crippen LogP contribution in [-0.2, 0) is 43.7 Å². The van der Waals surface area contributed by atoms with E-state index in [9.17, 15) is 13.2 Å². The molecule has 0 bridgehead atoms. The van der Waals surface area contributed by atoms with Gasteiger partial charge in [0.2, 0.25) is 21.8 Å². The largest absolute Gasteiger partial charge is 0.483 e. The van der Waals surface area contributed by atoms with Crippen molar-refractivity contribution in [3.05, 3.63) is 119 Å². The summed E-state index contributed by atoms with van der Waals surface area (Å²) in [6.07, 6.45) is 12.3. The standard InChI is InChI=1S/C50H59N5O6S/c1-35-44-40(39-21-14-15-22-41(39)51-35)24-27-49(61-44)33-43-45(56)52-50(47(58)53-62(59,60)48(2)28-29-48)32-38(50)20-12-4-3-5-13-23-42(46(57)55(43)34-49)54(30-25-36-16-8-6-9-17-36)31-26-37-18-10-7-11-19-37/h6-12,14-22,38,42-43H,3-5,13,23-34H2,1-2H3,(H,52,56)(H,53,58)/b20-12-/t38-,42+,43+,49-,50-/m1/s1. The fraction of sp³-hybridized carbons (Fsp3) is 0.480. The van der Waals surface area contributed by atoms with Crippen molar-refractivity contribution in [1.29, 1.82) is 0 Å². The lowest BCUT2D eigenvalue weighted by Gasteiger charge is -2.38. The summed E-state index contributed by atoms with van der Waals surface area (Å²) in [5.74, 6) is -0.971. The number of aromatic nitrogens is 1. The third-order valence-corrected chi connectivity index (χ3v) is 16.5. The van der Waals surface area contributed by atoms with Crippen LogP contribution in [0.3, 0.4) is 0 Å².